The minimum absolute atomic E-state index is 0.00118. The van der Waals surface area contributed by atoms with Crippen LogP contribution in [0.1, 0.15) is 31.4 Å². The van der Waals surface area contributed by atoms with Gasteiger partial charge in [0, 0.05) is 25.3 Å². The van der Waals surface area contributed by atoms with E-state index in [2.05, 4.69) is 43.2 Å². The standard InChI is InChI=1S/C19H29N3O2/c1-4-14-6-7-16(12-15(14)5-2)20-19(23)22-9-8-18-17(13-22)21(3)10-11-24-18/h6-7,12,17-18H,4-5,8-11,13H2,1-3H3,(H,20,23)/t17-,18+/m1/s1. The van der Waals surface area contributed by atoms with Crippen LogP contribution in [-0.4, -0.2) is 61.3 Å². The second kappa shape index (κ2) is 7.53. The molecule has 2 saturated heterocycles. The van der Waals surface area contributed by atoms with Gasteiger partial charge >= 0.3 is 6.03 Å². The third-order valence-electron chi connectivity index (χ3n) is 5.37. The molecule has 2 aliphatic heterocycles. The lowest BCUT2D eigenvalue weighted by Crippen LogP contribution is -2.60. The maximum atomic E-state index is 12.7. The average Bonchev–Trinajstić information content (AvgIpc) is 2.61. The van der Waals surface area contributed by atoms with Crippen LogP contribution in [-0.2, 0) is 17.6 Å². The number of benzene rings is 1. The smallest absolute Gasteiger partial charge is 0.321 e. The molecule has 0 spiro atoms. The average molecular weight is 331 g/mol. The van der Waals surface area contributed by atoms with Crippen molar-refractivity contribution in [2.75, 3.05) is 38.6 Å². The number of ether oxygens (including phenoxy) is 1. The first-order valence-corrected chi connectivity index (χ1v) is 9.12. The highest BCUT2D eigenvalue weighted by atomic mass is 16.5. The topological polar surface area (TPSA) is 44.8 Å². The largest absolute Gasteiger partial charge is 0.375 e. The van der Waals surface area contributed by atoms with E-state index in [9.17, 15) is 4.79 Å². The van der Waals surface area contributed by atoms with Gasteiger partial charge in [0.15, 0.2) is 0 Å². The molecule has 2 amide bonds. The zero-order chi connectivity index (χ0) is 17.1. The summed E-state index contributed by atoms with van der Waals surface area (Å²) in [6.07, 6.45) is 3.20. The molecule has 0 aromatic heterocycles. The molecule has 0 saturated carbocycles. The Bertz CT molecular complexity index is 590. The van der Waals surface area contributed by atoms with Gasteiger partial charge in [0.2, 0.25) is 0 Å². The number of likely N-dealkylation sites (tertiary alicyclic amines) is 1. The van der Waals surface area contributed by atoms with Crippen LogP contribution in [0, 0.1) is 0 Å². The van der Waals surface area contributed by atoms with Crippen LogP contribution in [0.3, 0.4) is 0 Å². The number of anilines is 1. The van der Waals surface area contributed by atoms with E-state index in [-0.39, 0.29) is 12.1 Å². The number of nitrogens with one attached hydrogen (secondary N) is 1. The third-order valence-corrected chi connectivity index (χ3v) is 5.37. The lowest BCUT2D eigenvalue weighted by Gasteiger charge is -2.45. The molecule has 24 heavy (non-hydrogen) atoms. The highest BCUT2D eigenvalue weighted by molar-refractivity contribution is 5.89. The third kappa shape index (κ3) is 3.57. The maximum absolute atomic E-state index is 12.7. The molecule has 2 atom stereocenters. The maximum Gasteiger partial charge on any atom is 0.321 e. The molecule has 2 heterocycles. The summed E-state index contributed by atoms with van der Waals surface area (Å²) >= 11 is 0. The molecule has 0 unspecified atom stereocenters. The molecule has 0 radical (unpaired) electrons. The molecule has 5 heteroatoms. The minimum Gasteiger partial charge on any atom is -0.375 e. The number of hydrogen-bond donors (Lipinski definition) is 1. The van der Waals surface area contributed by atoms with Gasteiger partial charge in [0.25, 0.3) is 0 Å². The Morgan fingerprint density at radius 1 is 1.25 bits per heavy atom. The van der Waals surface area contributed by atoms with Crippen LogP contribution in [0.25, 0.3) is 0 Å². The Balaban J connectivity index is 1.65. The first-order valence-electron chi connectivity index (χ1n) is 9.12. The van der Waals surface area contributed by atoms with Crippen LogP contribution in [0.4, 0.5) is 10.5 Å². The number of likely N-dealkylation sites (N-methyl/N-ethyl adjacent to an activating group) is 1. The summed E-state index contributed by atoms with van der Waals surface area (Å²) in [6, 6.07) is 6.56. The lowest BCUT2D eigenvalue weighted by atomic mass is 9.99. The van der Waals surface area contributed by atoms with Crippen molar-refractivity contribution in [2.24, 2.45) is 0 Å². The predicted octanol–water partition coefficient (Wildman–Crippen LogP) is 2.75. The van der Waals surface area contributed by atoms with Gasteiger partial charge in [-0.25, -0.2) is 4.79 Å². The molecule has 0 aliphatic carbocycles. The van der Waals surface area contributed by atoms with E-state index in [1.165, 1.54) is 11.1 Å². The summed E-state index contributed by atoms with van der Waals surface area (Å²) < 4.78 is 5.85. The Morgan fingerprint density at radius 2 is 2.04 bits per heavy atom. The van der Waals surface area contributed by atoms with Crippen LogP contribution >= 0.6 is 0 Å². The Kier molecular flexibility index (Phi) is 5.41. The van der Waals surface area contributed by atoms with E-state index in [0.29, 0.717) is 6.04 Å². The zero-order valence-electron chi connectivity index (χ0n) is 15.0. The van der Waals surface area contributed by atoms with Crippen LogP contribution < -0.4 is 5.32 Å². The fraction of sp³-hybridized carbons (Fsp3) is 0.632. The van der Waals surface area contributed by atoms with Gasteiger partial charge in [-0.15, -0.1) is 0 Å². The zero-order valence-corrected chi connectivity index (χ0v) is 15.0. The van der Waals surface area contributed by atoms with Gasteiger partial charge in [0.05, 0.1) is 18.8 Å². The van der Waals surface area contributed by atoms with Crippen molar-refractivity contribution in [1.82, 2.24) is 9.80 Å². The summed E-state index contributed by atoms with van der Waals surface area (Å²) in [6.45, 7) is 7.56. The molecule has 1 aromatic carbocycles. The summed E-state index contributed by atoms with van der Waals surface area (Å²) in [5, 5.41) is 3.08. The van der Waals surface area contributed by atoms with E-state index in [0.717, 1.165) is 51.2 Å². The Hall–Kier alpha value is -1.59. The van der Waals surface area contributed by atoms with Crippen molar-refractivity contribution in [3.05, 3.63) is 29.3 Å². The van der Waals surface area contributed by atoms with Crippen molar-refractivity contribution >= 4 is 11.7 Å². The number of morpholine rings is 1. The molecule has 1 N–H and O–H groups in total. The quantitative estimate of drug-likeness (QED) is 0.926. The second-order valence-electron chi connectivity index (χ2n) is 6.81. The predicted molar refractivity (Wildman–Crippen MR) is 96.6 cm³/mol. The van der Waals surface area contributed by atoms with E-state index in [1.54, 1.807) is 0 Å². The number of fused-ring (bicyclic) bond motifs is 1. The van der Waals surface area contributed by atoms with Crippen LogP contribution in [0.2, 0.25) is 0 Å². The Morgan fingerprint density at radius 3 is 2.79 bits per heavy atom. The number of nitrogens with zero attached hydrogens (tertiary/aromatic N) is 2. The Labute approximate surface area is 145 Å². The number of piperidine rings is 1. The summed E-state index contributed by atoms with van der Waals surface area (Å²) in [5.74, 6) is 0. The molecular weight excluding hydrogens is 302 g/mol. The second-order valence-corrected chi connectivity index (χ2v) is 6.81. The van der Waals surface area contributed by atoms with E-state index in [1.807, 2.05) is 11.0 Å². The van der Waals surface area contributed by atoms with Crippen molar-refractivity contribution in [1.29, 1.82) is 0 Å². The van der Waals surface area contributed by atoms with Crippen molar-refractivity contribution < 1.29 is 9.53 Å². The van der Waals surface area contributed by atoms with Gasteiger partial charge in [-0.1, -0.05) is 19.9 Å². The van der Waals surface area contributed by atoms with Crippen molar-refractivity contribution in [3.63, 3.8) is 0 Å². The van der Waals surface area contributed by atoms with Crippen molar-refractivity contribution in [3.8, 4) is 0 Å². The van der Waals surface area contributed by atoms with Gasteiger partial charge in [-0.2, -0.15) is 0 Å². The summed E-state index contributed by atoms with van der Waals surface area (Å²) in [4.78, 5) is 16.9. The monoisotopic (exact) mass is 331 g/mol. The molecule has 2 fully saturated rings. The molecule has 1 aromatic rings. The van der Waals surface area contributed by atoms with Crippen LogP contribution in [0.15, 0.2) is 18.2 Å². The number of carbonyl (C=O) groups is 1. The van der Waals surface area contributed by atoms with Gasteiger partial charge in [-0.05, 0) is 49.6 Å². The fourth-order valence-corrected chi connectivity index (χ4v) is 3.81. The first kappa shape index (κ1) is 17.2. The lowest BCUT2D eigenvalue weighted by molar-refractivity contribution is -0.0875. The van der Waals surface area contributed by atoms with Gasteiger partial charge in [0.1, 0.15) is 0 Å². The SMILES string of the molecule is CCc1ccc(NC(=O)N2CC[C@@H]3OCCN(C)[C@@H]3C2)cc1CC. The number of amides is 2. The van der Waals surface area contributed by atoms with E-state index < -0.39 is 0 Å². The molecule has 0 bridgehead atoms. The fourth-order valence-electron chi connectivity index (χ4n) is 3.81. The first-order chi connectivity index (χ1) is 11.6. The van der Waals surface area contributed by atoms with Crippen LogP contribution in [0.5, 0.6) is 0 Å². The highest BCUT2D eigenvalue weighted by Crippen LogP contribution is 2.23. The number of carbonyl (C=O) groups excluding carboxylic acids is 1. The van der Waals surface area contributed by atoms with Gasteiger partial charge in [-0.3, -0.25) is 4.90 Å². The summed E-state index contributed by atoms with van der Waals surface area (Å²) in [5.41, 5.74) is 3.57. The number of hydrogen-bond acceptors (Lipinski definition) is 3. The highest BCUT2D eigenvalue weighted by Gasteiger charge is 2.36. The normalized spacial score (nSPS) is 24.5. The number of urea groups is 1. The van der Waals surface area contributed by atoms with Gasteiger partial charge < -0.3 is 15.0 Å². The molecular formula is C19H29N3O2. The molecule has 2 aliphatic rings. The molecule has 132 valence electrons. The summed E-state index contributed by atoms with van der Waals surface area (Å²) in [7, 11) is 2.12. The minimum atomic E-state index is -0.00118. The number of rotatable bonds is 3. The van der Waals surface area contributed by atoms with E-state index >= 15 is 0 Å². The van der Waals surface area contributed by atoms with E-state index in [4.69, 9.17) is 4.74 Å². The molecule has 5 nitrogen and oxygen atoms in total. The van der Waals surface area contributed by atoms with Crippen molar-refractivity contribution in [2.45, 2.75) is 45.3 Å². The molecule has 3 rings (SSSR count). The number of aryl methyl sites for hydroxylation is 2.